The van der Waals surface area contributed by atoms with Crippen LogP contribution >= 0.6 is 0 Å². The van der Waals surface area contributed by atoms with Crippen molar-refractivity contribution in [3.8, 4) is 0 Å². The highest BCUT2D eigenvalue weighted by molar-refractivity contribution is 5.93. The van der Waals surface area contributed by atoms with E-state index in [-0.39, 0.29) is 23.6 Å². The molecular formula is C19H21N5O6. The van der Waals surface area contributed by atoms with Crippen molar-refractivity contribution in [3.63, 3.8) is 0 Å². The molecule has 11 nitrogen and oxygen atoms in total. The van der Waals surface area contributed by atoms with Crippen molar-refractivity contribution in [3.05, 3.63) is 48.5 Å². The molecule has 1 unspecified atom stereocenters. The minimum Gasteiger partial charge on any atom is -0.444 e. The minimum absolute atomic E-state index is 0.0918. The Morgan fingerprint density at radius 2 is 2.07 bits per heavy atom. The third-order valence-corrected chi connectivity index (χ3v) is 4.98. The summed E-state index contributed by atoms with van der Waals surface area (Å²) in [5.74, 6) is 0.119. The second kappa shape index (κ2) is 7.95. The zero-order valence-corrected chi connectivity index (χ0v) is 16.0. The molecule has 1 aliphatic heterocycles. The number of amides is 1. The van der Waals surface area contributed by atoms with E-state index >= 15 is 0 Å². The van der Waals surface area contributed by atoms with Gasteiger partial charge >= 0.3 is 6.09 Å². The first kappa shape index (κ1) is 20.2. The number of carbonyl (C=O) groups excluding carboxylic acids is 1. The molecule has 1 aromatic carbocycles. The first-order valence-corrected chi connectivity index (χ1v) is 9.23. The number of imidazole rings is 1. The normalized spacial score (nSPS) is 26.1. The van der Waals surface area contributed by atoms with Gasteiger partial charge in [0.15, 0.2) is 23.2 Å². The van der Waals surface area contributed by atoms with E-state index in [0.717, 1.165) is 5.56 Å². The summed E-state index contributed by atoms with van der Waals surface area (Å²) in [5.41, 5.74) is -0.355. The van der Waals surface area contributed by atoms with Gasteiger partial charge in [-0.1, -0.05) is 30.3 Å². The molecule has 0 bridgehead atoms. The van der Waals surface area contributed by atoms with Gasteiger partial charge in [-0.05, 0) is 12.5 Å². The van der Waals surface area contributed by atoms with Crippen molar-refractivity contribution in [1.29, 1.82) is 0 Å². The van der Waals surface area contributed by atoms with E-state index in [9.17, 15) is 20.1 Å². The lowest BCUT2D eigenvalue weighted by Gasteiger charge is -2.27. The van der Waals surface area contributed by atoms with E-state index in [1.54, 1.807) is 0 Å². The predicted octanol–water partition coefficient (Wildman–Crippen LogP) is 0.577. The Kier molecular flexibility index (Phi) is 5.35. The number of aromatic nitrogens is 4. The fraction of sp³-hybridized carbons (Fsp3) is 0.368. The largest absolute Gasteiger partial charge is 0.444 e. The van der Waals surface area contributed by atoms with Crippen LogP contribution in [0.1, 0.15) is 18.7 Å². The van der Waals surface area contributed by atoms with Crippen LogP contribution in [0.2, 0.25) is 0 Å². The SMILES string of the molecule is C[C@]1(O)C(O)[C@@H](CO)O[C@H]1n1cnc2c(NC(=O)OCc3ccccc3)ncnc21. The lowest BCUT2D eigenvalue weighted by Crippen LogP contribution is -2.44. The Bertz CT molecular complexity index is 1040. The lowest BCUT2D eigenvalue weighted by molar-refractivity contribution is -0.0950. The van der Waals surface area contributed by atoms with Gasteiger partial charge in [-0.15, -0.1) is 0 Å². The topological polar surface area (TPSA) is 152 Å². The highest BCUT2D eigenvalue weighted by Crippen LogP contribution is 2.39. The fourth-order valence-corrected chi connectivity index (χ4v) is 3.36. The van der Waals surface area contributed by atoms with E-state index in [2.05, 4.69) is 20.3 Å². The van der Waals surface area contributed by atoms with Crippen LogP contribution in [0.25, 0.3) is 11.2 Å². The number of nitrogens with one attached hydrogen (secondary N) is 1. The fourth-order valence-electron chi connectivity index (χ4n) is 3.36. The number of fused-ring (bicyclic) bond motifs is 1. The molecule has 0 aliphatic carbocycles. The summed E-state index contributed by atoms with van der Waals surface area (Å²) in [7, 11) is 0. The van der Waals surface area contributed by atoms with E-state index in [4.69, 9.17) is 9.47 Å². The molecule has 2 aromatic heterocycles. The average molecular weight is 415 g/mol. The molecular weight excluding hydrogens is 394 g/mol. The third kappa shape index (κ3) is 3.59. The second-order valence-corrected chi connectivity index (χ2v) is 7.11. The highest BCUT2D eigenvalue weighted by atomic mass is 16.6. The number of hydrogen-bond acceptors (Lipinski definition) is 9. The summed E-state index contributed by atoms with van der Waals surface area (Å²) >= 11 is 0. The Morgan fingerprint density at radius 1 is 1.30 bits per heavy atom. The van der Waals surface area contributed by atoms with E-state index in [0.29, 0.717) is 0 Å². The van der Waals surface area contributed by atoms with Crippen LogP contribution in [-0.4, -0.2) is 65.3 Å². The van der Waals surface area contributed by atoms with Gasteiger partial charge in [-0.25, -0.2) is 19.7 Å². The minimum atomic E-state index is -1.70. The van der Waals surface area contributed by atoms with Crippen LogP contribution in [0.5, 0.6) is 0 Å². The number of rotatable bonds is 5. The zero-order valence-electron chi connectivity index (χ0n) is 16.0. The van der Waals surface area contributed by atoms with Crippen LogP contribution in [0, 0.1) is 0 Å². The molecule has 1 amide bonds. The summed E-state index contributed by atoms with van der Waals surface area (Å²) in [6, 6.07) is 9.22. The maximum Gasteiger partial charge on any atom is 0.413 e. The number of carbonyl (C=O) groups is 1. The third-order valence-electron chi connectivity index (χ3n) is 4.98. The molecule has 1 fully saturated rings. The molecule has 0 radical (unpaired) electrons. The van der Waals surface area contributed by atoms with Gasteiger partial charge in [0, 0.05) is 0 Å². The average Bonchev–Trinajstić information content (AvgIpc) is 3.27. The number of ether oxygens (including phenoxy) is 2. The molecule has 0 spiro atoms. The monoisotopic (exact) mass is 415 g/mol. The van der Waals surface area contributed by atoms with Gasteiger partial charge < -0.3 is 24.8 Å². The number of hydrogen-bond donors (Lipinski definition) is 4. The van der Waals surface area contributed by atoms with E-state index < -0.39 is 36.7 Å². The van der Waals surface area contributed by atoms with Crippen molar-refractivity contribution in [2.45, 2.75) is 37.6 Å². The molecule has 4 N–H and O–H groups in total. The van der Waals surface area contributed by atoms with Crippen molar-refractivity contribution in [1.82, 2.24) is 19.5 Å². The van der Waals surface area contributed by atoms with Crippen LogP contribution in [0.15, 0.2) is 43.0 Å². The molecule has 1 aliphatic rings. The van der Waals surface area contributed by atoms with Crippen molar-refractivity contribution >= 4 is 23.1 Å². The van der Waals surface area contributed by atoms with Gasteiger partial charge in [-0.2, -0.15) is 0 Å². The molecule has 4 atom stereocenters. The van der Waals surface area contributed by atoms with E-state index in [1.807, 2.05) is 30.3 Å². The van der Waals surface area contributed by atoms with Crippen LogP contribution in [0.4, 0.5) is 10.6 Å². The molecule has 4 rings (SSSR count). The Hall–Kier alpha value is -3.12. The smallest absolute Gasteiger partial charge is 0.413 e. The number of aliphatic hydroxyl groups is 3. The first-order chi connectivity index (χ1) is 14.4. The number of nitrogens with zero attached hydrogens (tertiary/aromatic N) is 4. The van der Waals surface area contributed by atoms with Gasteiger partial charge in [0.25, 0.3) is 0 Å². The molecule has 1 saturated heterocycles. The summed E-state index contributed by atoms with van der Waals surface area (Å²) in [4.78, 5) is 24.6. The van der Waals surface area contributed by atoms with Gasteiger partial charge in [0.1, 0.15) is 30.7 Å². The van der Waals surface area contributed by atoms with Crippen molar-refractivity contribution in [2.75, 3.05) is 11.9 Å². The Balaban J connectivity index is 1.54. The van der Waals surface area contributed by atoms with Crippen molar-refractivity contribution in [2.24, 2.45) is 0 Å². The second-order valence-electron chi connectivity index (χ2n) is 7.11. The summed E-state index contributed by atoms with van der Waals surface area (Å²) < 4.78 is 12.2. The maximum atomic E-state index is 12.2. The summed E-state index contributed by atoms with van der Waals surface area (Å²) in [6.07, 6.45) is -1.47. The molecule has 3 heterocycles. The van der Waals surface area contributed by atoms with Crippen LogP contribution < -0.4 is 5.32 Å². The zero-order chi connectivity index (χ0) is 21.3. The first-order valence-electron chi connectivity index (χ1n) is 9.23. The highest BCUT2D eigenvalue weighted by Gasteiger charge is 2.53. The van der Waals surface area contributed by atoms with Gasteiger partial charge in [0.05, 0.1) is 12.9 Å². The molecule has 158 valence electrons. The van der Waals surface area contributed by atoms with Crippen LogP contribution in [0.3, 0.4) is 0 Å². The summed E-state index contributed by atoms with van der Waals surface area (Å²) in [6.45, 7) is 1.02. The lowest BCUT2D eigenvalue weighted by atomic mass is 9.96. The van der Waals surface area contributed by atoms with Crippen LogP contribution in [-0.2, 0) is 16.1 Å². The number of anilines is 1. The number of aliphatic hydroxyl groups excluding tert-OH is 2. The molecule has 11 heteroatoms. The van der Waals surface area contributed by atoms with Gasteiger partial charge in [-0.3, -0.25) is 9.88 Å². The molecule has 3 aromatic rings. The number of benzene rings is 1. The van der Waals surface area contributed by atoms with E-state index in [1.165, 1.54) is 24.1 Å². The maximum absolute atomic E-state index is 12.2. The quantitative estimate of drug-likeness (QED) is 0.469. The predicted molar refractivity (Wildman–Crippen MR) is 103 cm³/mol. The Labute approximate surface area is 170 Å². The summed E-state index contributed by atoms with van der Waals surface area (Å²) in [5, 5.41) is 32.8. The van der Waals surface area contributed by atoms with Gasteiger partial charge in [0.2, 0.25) is 0 Å². The molecule has 0 saturated carbocycles. The Morgan fingerprint density at radius 3 is 2.77 bits per heavy atom. The van der Waals surface area contributed by atoms with Crippen molar-refractivity contribution < 1.29 is 29.6 Å². The standard InChI is InChI=1S/C19H21N5O6/c1-19(28)14(26)12(7-25)30-17(19)24-10-22-13-15(20-9-21-16(13)24)23-18(27)29-8-11-5-3-2-4-6-11/h2-6,9-10,12,14,17,25-26,28H,7-8H2,1H3,(H,20,21,23,27)/t12-,14?,17-,19+/m1/s1. The molecule has 30 heavy (non-hydrogen) atoms.